The molecule has 1 saturated heterocycles. The molecule has 2 aliphatic rings. The van der Waals surface area contributed by atoms with Gasteiger partial charge in [-0.05, 0) is 24.3 Å². The van der Waals surface area contributed by atoms with Crippen molar-refractivity contribution in [2.45, 2.75) is 45.1 Å². The van der Waals surface area contributed by atoms with Crippen molar-refractivity contribution in [1.29, 1.82) is 0 Å². The molecule has 1 N–H and O–H groups in total. The Hall–Kier alpha value is -2.48. The van der Waals surface area contributed by atoms with Crippen LogP contribution in [0.15, 0.2) is 22.3 Å². The van der Waals surface area contributed by atoms with Crippen LogP contribution in [-0.2, 0) is 17.8 Å². The first-order valence-corrected chi connectivity index (χ1v) is 10.7. The van der Waals surface area contributed by atoms with Crippen molar-refractivity contribution in [2.75, 3.05) is 19.6 Å². The number of carbonyl (C=O) groups excluding carboxylic acids is 2. The summed E-state index contributed by atoms with van der Waals surface area (Å²) in [5.41, 5.74) is 1.20. The molecule has 148 valence electrons. The number of rotatable bonds is 3. The van der Waals surface area contributed by atoms with E-state index in [1.54, 1.807) is 11.0 Å². The minimum absolute atomic E-state index is 0.0369. The summed E-state index contributed by atoms with van der Waals surface area (Å²) in [4.78, 5) is 49.3. The van der Waals surface area contributed by atoms with Gasteiger partial charge in [-0.2, -0.15) is 0 Å². The summed E-state index contributed by atoms with van der Waals surface area (Å²) in [5.74, 6) is 0.848. The number of likely N-dealkylation sites (tertiary alicyclic amines) is 1. The SMILES string of the molecule is CCC(=O)N1CCCC(c2nc3c(c(=O)[nH]2)CN(C(=O)c2cccs2)CC3)C1. The highest BCUT2D eigenvalue weighted by Crippen LogP contribution is 2.26. The number of H-pyrrole nitrogens is 1. The molecule has 0 aromatic carbocycles. The third kappa shape index (κ3) is 3.61. The fourth-order valence-electron chi connectivity index (χ4n) is 4.02. The van der Waals surface area contributed by atoms with Gasteiger partial charge < -0.3 is 14.8 Å². The molecular formula is C20H24N4O3S. The summed E-state index contributed by atoms with van der Waals surface area (Å²) in [6.45, 7) is 4.11. The van der Waals surface area contributed by atoms with E-state index in [1.165, 1.54) is 11.3 Å². The second kappa shape index (κ2) is 7.87. The van der Waals surface area contributed by atoms with Gasteiger partial charge in [-0.25, -0.2) is 4.98 Å². The zero-order chi connectivity index (χ0) is 19.7. The number of nitrogens with one attached hydrogen (secondary N) is 1. The van der Waals surface area contributed by atoms with Gasteiger partial charge in [0.1, 0.15) is 5.82 Å². The number of aromatic nitrogens is 2. The van der Waals surface area contributed by atoms with E-state index in [0.29, 0.717) is 48.7 Å². The lowest BCUT2D eigenvalue weighted by atomic mass is 9.96. The molecular weight excluding hydrogens is 376 g/mol. The maximum absolute atomic E-state index is 12.7. The molecule has 8 heteroatoms. The van der Waals surface area contributed by atoms with Crippen molar-refractivity contribution in [2.24, 2.45) is 0 Å². The normalized spacial score (nSPS) is 19.4. The van der Waals surface area contributed by atoms with Crippen molar-refractivity contribution >= 4 is 23.2 Å². The molecule has 2 amide bonds. The van der Waals surface area contributed by atoms with Crippen LogP contribution in [0.2, 0.25) is 0 Å². The summed E-state index contributed by atoms with van der Waals surface area (Å²) in [6, 6.07) is 3.66. The Morgan fingerprint density at radius 3 is 2.93 bits per heavy atom. The van der Waals surface area contributed by atoms with Gasteiger partial charge >= 0.3 is 0 Å². The molecule has 28 heavy (non-hydrogen) atoms. The number of piperidine rings is 1. The van der Waals surface area contributed by atoms with Gasteiger partial charge in [-0.15, -0.1) is 11.3 Å². The van der Waals surface area contributed by atoms with Crippen molar-refractivity contribution in [3.63, 3.8) is 0 Å². The Kier molecular flexibility index (Phi) is 5.30. The predicted molar refractivity (Wildman–Crippen MR) is 106 cm³/mol. The molecule has 0 aliphatic carbocycles. The molecule has 0 bridgehead atoms. The molecule has 0 radical (unpaired) electrons. The second-order valence-corrected chi connectivity index (χ2v) is 8.31. The summed E-state index contributed by atoms with van der Waals surface area (Å²) in [6.07, 6.45) is 2.90. The van der Waals surface area contributed by atoms with Crippen LogP contribution in [0.3, 0.4) is 0 Å². The number of nitrogens with zero attached hydrogens (tertiary/aromatic N) is 3. The number of hydrogen-bond donors (Lipinski definition) is 1. The molecule has 1 fully saturated rings. The zero-order valence-corrected chi connectivity index (χ0v) is 16.8. The van der Waals surface area contributed by atoms with Crippen LogP contribution >= 0.6 is 11.3 Å². The number of aromatic amines is 1. The number of fused-ring (bicyclic) bond motifs is 1. The first-order chi connectivity index (χ1) is 13.6. The highest BCUT2D eigenvalue weighted by atomic mass is 32.1. The van der Waals surface area contributed by atoms with Gasteiger partial charge in [0, 0.05) is 38.4 Å². The zero-order valence-electron chi connectivity index (χ0n) is 15.9. The van der Waals surface area contributed by atoms with E-state index in [1.807, 2.05) is 23.3 Å². The second-order valence-electron chi connectivity index (χ2n) is 7.36. The van der Waals surface area contributed by atoms with Gasteiger partial charge in [0.2, 0.25) is 5.91 Å². The lowest BCUT2D eigenvalue weighted by Gasteiger charge is -2.33. The van der Waals surface area contributed by atoms with E-state index in [9.17, 15) is 14.4 Å². The molecule has 4 heterocycles. The monoisotopic (exact) mass is 400 g/mol. The number of amides is 2. The molecule has 2 aromatic heterocycles. The average molecular weight is 401 g/mol. The van der Waals surface area contributed by atoms with Crippen molar-refractivity contribution < 1.29 is 9.59 Å². The van der Waals surface area contributed by atoms with E-state index in [4.69, 9.17) is 4.98 Å². The molecule has 0 spiro atoms. The molecule has 2 aliphatic heterocycles. The first-order valence-electron chi connectivity index (χ1n) is 9.79. The summed E-state index contributed by atoms with van der Waals surface area (Å²) < 4.78 is 0. The Labute approximate surface area is 167 Å². The number of thiophene rings is 1. The topological polar surface area (TPSA) is 86.4 Å². The average Bonchev–Trinajstić information content (AvgIpc) is 3.27. The van der Waals surface area contributed by atoms with Crippen LogP contribution in [0.5, 0.6) is 0 Å². The maximum Gasteiger partial charge on any atom is 0.264 e. The minimum atomic E-state index is -0.164. The van der Waals surface area contributed by atoms with Gasteiger partial charge in [0.05, 0.1) is 22.7 Å². The third-order valence-corrected chi connectivity index (χ3v) is 6.43. The van der Waals surface area contributed by atoms with Gasteiger partial charge in [-0.1, -0.05) is 13.0 Å². The fourth-order valence-corrected chi connectivity index (χ4v) is 4.71. The van der Waals surface area contributed by atoms with Crippen LogP contribution in [0.25, 0.3) is 0 Å². The Morgan fingerprint density at radius 1 is 1.32 bits per heavy atom. The molecule has 1 unspecified atom stereocenters. The molecule has 4 rings (SSSR count). The highest BCUT2D eigenvalue weighted by molar-refractivity contribution is 7.12. The quantitative estimate of drug-likeness (QED) is 0.855. The van der Waals surface area contributed by atoms with E-state index >= 15 is 0 Å². The third-order valence-electron chi connectivity index (χ3n) is 5.57. The fraction of sp³-hybridized carbons (Fsp3) is 0.500. The lowest BCUT2D eigenvalue weighted by molar-refractivity contribution is -0.132. The van der Waals surface area contributed by atoms with Crippen molar-refractivity contribution in [3.8, 4) is 0 Å². The van der Waals surface area contributed by atoms with Crippen LogP contribution in [0.1, 0.15) is 58.9 Å². The van der Waals surface area contributed by atoms with Crippen LogP contribution in [-0.4, -0.2) is 51.2 Å². The van der Waals surface area contributed by atoms with Crippen molar-refractivity contribution in [3.05, 3.63) is 49.8 Å². The summed E-state index contributed by atoms with van der Waals surface area (Å²) in [7, 11) is 0. The molecule has 1 atom stereocenters. The van der Waals surface area contributed by atoms with E-state index in [0.717, 1.165) is 25.1 Å². The van der Waals surface area contributed by atoms with Gasteiger partial charge in [0.25, 0.3) is 11.5 Å². The molecule has 2 aromatic rings. The maximum atomic E-state index is 12.7. The summed E-state index contributed by atoms with van der Waals surface area (Å²) >= 11 is 1.41. The predicted octanol–water partition coefficient (Wildman–Crippen LogP) is 2.15. The molecule has 0 saturated carbocycles. The van der Waals surface area contributed by atoms with E-state index < -0.39 is 0 Å². The van der Waals surface area contributed by atoms with Crippen LogP contribution < -0.4 is 5.56 Å². The van der Waals surface area contributed by atoms with Crippen LogP contribution in [0, 0.1) is 0 Å². The Balaban J connectivity index is 1.54. The van der Waals surface area contributed by atoms with Gasteiger partial charge in [-0.3, -0.25) is 14.4 Å². The number of carbonyl (C=O) groups is 2. The standard InChI is InChI=1S/C20H24N4O3S/c1-2-17(25)23-8-3-5-13(11-23)18-21-15-7-9-24(12-14(15)19(26)22-18)20(27)16-6-4-10-28-16/h4,6,10,13H,2-3,5,7-9,11-12H2,1H3,(H,21,22,26). The Bertz CT molecular complexity index is 937. The summed E-state index contributed by atoms with van der Waals surface area (Å²) in [5, 5.41) is 1.88. The minimum Gasteiger partial charge on any atom is -0.342 e. The highest BCUT2D eigenvalue weighted by Gasteiger charge is 2.29. The van der Waals surface area contributed by atoms with E-state index in [2.05, 4.69) is 4.98 Å². The smallest absolute Gasteiger partial charge is 0.264 e. The van der Waals surface area contributed by atoms with Gasteiger partial charge in [0.15, 0.2) is 0 Å². The largest absolute Gasteiger partial charge is 0.342 e. The lowest BCUT2D eigenvalue weighted by Crippen LogP contribution is -2.41. The molecule has 7 nitrogen and oxygen atoms in total. The van der Waals surface area contributed by atoms with Crippen molar-refractivity contribution in [1.82, 2.24) is 19.8 Å². The van der Waals surface area contributed by atoms with Crippen LogP contribution in [0.4, 0.5) is 0 Å². The first kappa shape index (κ1) is 18.9. The number of hydrogen-bond acceptors (Lipinski definition) is 5. The van der Waals surface area contributed by atoms with E-state index in [-0.39, 0.29) is 23.3 Å². The Morgan fingerprint density at radius 2 is 2.18 bits per heavy atom.